The van der Waals surface area contributed by atoms with Crippen molar-refractivity contribution < 1.29 is 22.3 Å². The Kier molecular flexibility index (Phi) is 4.20. The number of hydrogen-bond donors (Lipinski definition) is 0. The van der Waals surface area contributed by atoms with Gasteiger partial charge in [-0.1, -0.05) is 0 Å². The van der Waals surface area contributed by atoms with Gasteiger partial charge in [0.2, 0.25) is 0 Å². The summed E-state index contributed by atoms with van der Waals surface area (Å²) in [5.41, 5.74) is 2.76. The first-order valence-electron chi connectivity index (χ1n) is 8.89. The molecular weight excluding hydrogens is 348 g/mol. The third-order valence-corrected chi connectivity index (χ3v) is 5.43. The molecule has 26 heavy (non-hydrogen) atoms. The van der Waals surface area contributed by atoms with Crippen LogP contribution in [0.3, 0.4) is 0 Å². The topological polar surface area (TPSA) is 24.8 Å². The third kappa shape index (κ3) is 3.71. The number of halogens is 4. The molecule has 0 atom stereocenters. The SMILES string of the molecule is Fc1cc(C2=NCCC(N3CCCC4(CC4)C3)=C2)ccc1OC(F)(F)F. The van der Waals surface area contributed by atoms with E-state index < -0.39 is 17.9 Å². The molecule has 3 aliphatic rings. The lowest BCUT2D eigenvalue weighted by molar-refractivity contribution is -0.275. The number of benzene rings is 1. The van der Waals surface area contributed by atoms with Crippen molar-refractivity contribution in [3.63, 3.8) is 0 Å². The number of rotatable bonds is 3. The molecule has 1 saturated carbocycles. The Hall–Kier alpha value is -2.05. The van der Waals surface area contributed by atoms with E-state index in [0.29, 0.717) is 23.2 Å². The van der Waals surface area contributed by atoms with Crippen LogP contribution in [0.1, 0.15) is 37.7 Å². The van der Waals surface area contributed by atoms with E-state index in [1.165, 1.54) is 37.4 Å². The lowest BCUT2D eigenvalue weighted by Gasteiger charge is -2.37. The molecule has 1 aliphatic carbocycles. The van der Waals surface area contributed by atoms with Gasteiger partial charge in [-0.3, -0.25) is 4.99 Å². The highest BCUT2D eigenvalue weighted by Gasteiger charge is 2.45. The smallest absolute Gasteiger partial charge is 0.403 e. The molecule has 2 aliphatic heterocycles. The molecule has 1 saturated heterocycles. The maximum Gasteiger partial charge on any atom is 0.573 e. The Labute approximate surface area is 149 Å². The average molecular weight is 368 g/mol. The van der Waals surface area contributed by atoms with Crippen molar-refractivity contribution in [3.05, 3.63) is 41.4 Å². The second kappa shape index (κ2) is 6.28. The zero-order chi connectivity index (χ0) is 18.4. The molecule has 7 heteroatoms. The van der Waals surface area contributed by atoms with Gasteiger partial charge in [-0.25, -0.2) is 4.39 Å². The van der Waals surface area contributed by atoms with E-state index >= 15 is 0 Å². The van der Waals surface area contributed by atoms with Gasteiger partial charge in [-0.05, 0) is 55.4 Å². The van der Waals surface area contributed by atoms with Crippen molar-refractivity contribution in [3.8, 4) is 5.75 Å². The Morgan fingerprint density at radius 3 is 2.65 bits per heavy atom. The number of nitrogens with zero attached hydrogens (tertiary/aromatic N) is 2. The highest BCUT2D eigenvalue weighted by molar-refractivity contribution is 6.09. The van der Waals surface area contributed by atoms with Crippen molar-refractivity contribution >= 4 is 5.71 Å². The van der Waals surface area contributed by atoms with Crippen molar-refractivity contribution in [2.45, 2.75) is 38.5 Å². The first-order chi connectivity index (χ1) is 12.3. The van der Waals surface area contributed by atoms with Crippen molar-refractivity contribution in [1.82, 2.24) is 4.90 Å². The van der Waals surface area contributed by atoms with Crippen LogP contribution in [0, 0.1) is 11.2 Å². The minimum Gasteiger partial charge on any atom is -0.403 e. The number of dihydropyridines is 1. The summed E-state index contributed by atoms with van der Waals surface area (Å²) in [6, 6.07) is 3.47. The van der Waals surface area contributed by atoms with E-state index in [1.54, 1.807) is 0 Å². The quantitative estimate of drug-likeness (QED) is 0.724. The van der Waals surface area contributed by atoms with Gasteiger partial charge in [0.15, 0.2) is 11.6 Å². The van der Waals surface area contributed by atoms with Crippen molar-refractivity contribution in [2.24, 2.45) is 10.4 Å². The molecule has 0 bridgehead atoms. The minimum atomic E-state index is -4.91. The largest absolute Gasteiger partial charge is 0.573 e. The van der Waals surface area contributed by atoms with Crippen LogP contribution in [-0.4, -0.2) is 36.6 Å². The van der Waals surface area contributed by atoms with Crippen LogP contribution in [0.25, 0.3) is 0 Å². The average Bonchev–Trinajstić information content (AvgIpc) is 3.34. The number of ether oxygens (including phenoxy) is 1. The molecule has 0 radical (unpaired) electrons. The molecule has 140 valence electrons. The maximum absolute atomic E-state index is 14.0. The molecule has 2 heterocycles. The van der Waals surface area contributed by atoms with E-state index in [4.69, 9.17) is 0 Å². The van der Waals surface area contributed by atoms with Crippen molar-refractivity contribution in [1.29, 1.82) is 0 Å². The predicted molar refractivity (Wildman–Crippen MR) is 89.7 cm³/mol. The van der Waals surface area contributed by atoms with Gasteiger partial charge in [0, 0.05) is 37.3 Å². The van der Waals surface area contributed by atoms with Crippen LogP contribution in [0.2, 0.25) is 0 Å². The van der Waals surface area contributed by atoms with Gasteiger partial charge >= 0.3 is 6.36 Å². The van der Waals surface area contributed by atoms with Gasteiger partial charge < -0.3 is 9.64 Å². The summed E-state index contributed by atoms with van der Waals surface area (Å²) >= 11 is 0. The maximum atomic E-state index is 14.0. The summed E-state index contributed by atoms with van der Waals surface area (Å²) in [6.07, 6.45) is 2.95. The standard InChI is InChI=1S/C19H20F4N2O/c20-15-10-13(2-3-17(15)26-19(21,22)23)16-11-14(4-8-24-16)25-9-1-5-18(12-25)6-7-18/h2-3,10-11H,1,4-9,12H2. The van der Waals surface area contributed by atoms with Crippen LogP contribution in [0.15, 0.2) is 35.0 Å². The van der Waals surface area contributed by atoms with Crippen LogP contribution < -0.4 is 4.74 Å². The molecule has 0 N–H and O–H groups in total. The highest BCUT2D eigenvalue weighted by Crippen LogP contribution is 2.52. The summed E-state index contributed by atoms with van der Waals surface area (Å²) in [5.74, 6) is -1.87. The Bertz CT molecular complexity index is 765. The number of allylic oxidation sites excluding steroid dienone is 1. The number of piperidine rings is 1. The van der Waals surface area contributed by atoms with Gasteiger partial charge in [-0.15, -0.1) is 13.2 Å². The van der Waals surface area contributed by atoms with E-state index in [1.807, 2.05) is 6.08 Å². The fourth-order valence-corrected chi connectivity index (χ4v) is 3.90. The monoisotopic (exact) mass is 368 g/mol. The van der Waals surface area contributed by atoms with E-state index in [0.717, 1.165) is 31.6 Å². The number of alkyl halides is 3. The fraction of sp³-hybridized carbons (Fsp3) is 0.526. The molecule has 1 aromatic carbocycles. The van der Waals surface area contributed by atoms with Crippen LogP contribution in [0.5, 0.6) is 5.75 Å². The lowest BCUT2D eigenvalue weighted by atomic mass is 9.93. The molecule has 0 amide bonds. The molecular formula is C19H20F4N2O. The summed E-state index contributed by atoms with van der Waals surface area (Å²) in [7, 11) is 0. The zero-order valence-electron chi connectivity index (χ0n) is 14.3. The van der Waals surface area contributed by atoms with E-state index in [-0.39, 0.29) is 0 Å². The third-order valence-electron chi connectivity index (χ3n) is 5.43. The van der Waals surface area contributed by atoms with Crippen LogP contribution in [-0.2, 0) is 0 Å². The first kappa shape index (κ1) is 17.4. The summed E-state index contributed by atoms with van der Waals surface area (Å²) in [4.78, 5) is 6.83. The van der Waals surface area contributed by atoms with Crippen LogP contribution in [0.4, 0.5) is 17.6 Å². The molecule has 0 aromatic heterocycles. The lowest BCUT2D eigenvalue weighted by Crippen LogP contribution is -2.36. The molecule has 0 unspecified atom stereocenters. The molecule has 1 spiro atoms. The fourth-order valence-electron chi connectivity index (χ4n) is 3.90. The van der Waals surface area contributed by atoms with Crippen molar-refractivity contribution in [2.75, 3.05) is 19.6 Å². The second-order valence-electron chi connectivity index (χ2n) is 7.37. The number of aliphatic imine (C=N–C) groups is 1. The van der Waals surface area contributed by atoms with Crippen LogP contribution >= 0.6 is 0 Å². The molecule has 3 nitrogen and oxygen atoms in total. The molecule has 2 fully saturated rings. The Morgan fingerprint density at radius 1 is 1.15 bits per heavy atom. The second-order valence-corrected chi connectivity index (χ2v) is 7.37. The van der Waals surface area contributed by atoms with Gasteiger partial charge in [-0.2, -0.15) is 0 Å². The van der Waals surface area contributed by atoms with E-state index in [2.05, 4.69) is 14.6 Å². The summed E-state index contributed by atoms with van der Waals surface area (Å²) in [6.45, 7) is 2.69. The number of likely N-dealkylation sites (tertiary alicyclic amines) is 1. The summed E-state index contributed by atoms with van der Waals surface area (Å²) < 4.78 is 54.5. The highest BCUT2D eigenvalue weighted by atomic mass is 19.4. The summed E-state index contributed by atoms with van der Waals surface area (Å²) in [5, 5.41) is 0. The van der Waals surface area contributed by atoms with Gasteiger partial charge in [0.1, 0.15) is 0 Å². The zero-order valence-corrected chi connectivity index (χ0v) is 14.3. The normalized spacial score (nSPS) is 22.1. The number of hydrogen-bond acceptors (Lipinski definition) is 3. The van der Waals surface area contributed by atoms with E-state index in [9.17, 15) is 17.6 Å². The first-order valence-corrected chi connectivity index (χ1v) is 8.89. The Balaban J connectivity index is 1.53. The molecule has 4 rings (SSSR count). The predicted octanol–water partition coefficient (Wildman–Crippen LogP) is 4.68. The Morgan fingerprint density at radius 2 is 1.96 bits per heavy atom. The molecule has 1 aromatic rings. The van der Waals surface area contributed by atoms with Gasteiger partial charge in [0.05, 0.1) is 5.71 Å². The van der Waals surface area contributed by atoms with Gasteiger partial charge in [0.25, 0.3) is 0 Å². The minimum absolute atomic E-state index is 0.465.